The first-order valence-electron chi connectivity index (χ1n) is 4.87. The Balaban J connectivity index is 2.53. The highest BCUT2D eigenvalue weighted by molar-refractivity contribution is 7.99. The molecule has 1 aromatic rings. The molecule has 1 aromatic heterocycles. The lowest BCUT2D eigenvalue weighted by atomic mass is 9.93. The molecule has 86 valence electrons. The summed E-state index contributed by atoms with van der Waals surface area (Å²) < 4.78 is 0. The fourth-order valence-electron chi connectivity index (χ4n) is 0.980. The number of nitrogens with zero attached hydrogens (tertiary/aromatic N) is 3. The molecule has 0 aliphatic rings. The third-order valence-electron chi connectivity index (χ3n) is 2.01. The van der Waals surface area contributed by atoms with Gasteiger partial charge in [-0.1, -0.05) is 11.8 Å². The van der Waals surface area contributed by atoms with Crippen molar-refractivity contribution in [1.82, 2.24) is 9.97 Å². The highest BCUT2D eigenvalue weighted by atomic mass is 32.2. The van der Waals surface area contributed by atoms with Gasteiger partial charge in [0.15, 0.2) is 5.16 Å². The van der Waals surface area contributed by atoms with E-state index in [9.17, 15) is 0 Å². The van der Waals surface area contributed by atoms with Gasteiger partial charge in [0.05, 0.1) is 11.5 Å². The average Bonchev–Trinajstić information content (AvgIpc) is 2.16. The first-order chi connectivity index (χ1) is 7.43. The van der Waals surface area contributed by atoms with Crippen molar-refractivity contribution in [2.24, 2.45) is 5.41 Å². The number of hydrogen-bond donors (Lipinski definition) is 2. The van der Waals surface area contributed by atoms with Crippen molar-refractivity contribution in [3.8, 4) is 6.07 Å². The van der Waals surface area contributed by atoms with Crippen molar-refractivity contribution in [2.45, 2.75) is 25.4 Å². The molecule has 1 rings (SSSR count). The molecule has 0 fully saturated rings. The maximum absolute atomic E-state index is 8.85. The molecule has 4 N–H and O–H groups in total. The molecule has 0 bridgehead atoms. The van der Waals surface area contributed by atoms with E-state index in [-0.39, 0.29) is 5.41 Å². The molecule has 6 heteroatoms. The Hall–Kier alpha value is -1.48. The first-order valence-corrected chi connectivity index (χ1v) is 5.85. The predicted octanol–water partition coefficient (Wildman–Crippen LogP) is 1.67. The molecule has 5 nitrogen and oxygen atoms in total. The molecule has 0 aliphatic carbocycles. The zero-order chi connectivity index (χ0) is 12.2. The van der Waals surface area contributed by atoms with Crippen LogP contribution in [0, 0.1) is 16.7 Å². The summed E-state index contributed by atoms with van der Waals surface area (Å²) in [6, 6.07) is 3.76. The quantitative estimate of drug-likeness (QED) is 0.610. The van der Waals surface area contributed by atoms with E-state index in [4.69, 9.17) is 16.7 Å². The minimum Gasteiger partial charge on any atom is -0.383 e. The van der Waals surface area contributed by atoms with E-state index in [1.807, 2.05) is 13.8 Å². The highest BCUT2D eigenvalue weighted by Gasteiger charge is 2.16. The molecular weight excluding hydrogens is 222 g/mol. The van der Waals surface area contributed by atoms with E-state index in [1.54, 1.807) is 0 Å². The monoisotopic (exact) mass is 237 g/mol. The van der Waals surface area contributed by atoms with Gasteiger partial charge in [-0.2, -0.15) is 5.26 Å². The number of anilines is 2. The standard InChI is InChI=1S/C10H15N5S/c1-10(2,6-11)3-4-16-9-14-7(12)5-8(13)15-9/h5H,3-4H2,1-2H3,(H4,12,13,14,15). The van der Waals surface area contributed by atoms with Gasteiger partial charge >= 0.3 is 0 Å². The largest absolute Gasteiger partial charge is 0.383 e. The van der Waals surface area contributed by atoms with Crippen molar-refractivity contribution in [3.05, 3.63) is 6.07 Å². The van der Waals surface area contributed by atoms with Gasteiger partial charge in [0, 0.05) is 11.8 Å². The molecule has 0 aromatic carbocycles. The number of rotatable bonds is 4. The first kappa shape index (κ1) is 12.6. The molecule has 0 saturated carbocycles. The Labute approximate surface area is 99.3 Å². The topological polar surface area (TPSA) is 102 Å². The molecule has 0 aliphatic heterocycles. The minimum absolute atomic E-state index is 0.321. The molecule has 0 unspecified atom stereocenters. The molecule has 1 heterocycles. The molecular formula is C10H15N5S. The van der Waals surface area contributed by atoms with Crippen LogP contribution in [0.2, 0.25) is 0 Å². The molecule has 0 atom stereocenters. The Kier molecular flexibility index (Phi) is 3.96. The van der Waals surface area contributed by atoms with Gasteiger partial charge < -0.3 is 11.5 Å². The fraction of sp³-hybridized carbons (Fsp3) is 0.500. The van der Waals surface area contributed by atoms with Gasteiger partial charge in [-0.05, 0) is 20.3 Å². The summed E-state index contributed by atoms with van der Waals surface area (Å²) in [7, 11) is 0. The minimum atomic E-state index is -0.321. The van der Waals surface area contributed by atoms with Crippen molar-refractivity contribution in [1.29, 1.82) is 5.26 Å². The van der Waals surface area contributed by atoms with E-state index in [1.165, 1.54) is 17.8 Å². The van der Waals surface area contributed by atoms with Crippen LogP contribution in [0.5, 0.6) is 0 Å². The average molecular weight is 237 g/mol. The second-order valence-corrected chi connectivity index (χ2v) is 5.16. The zero-order valence-corrected chi connectivity index (χ0v) is 10.2. The summed E-state index contributed by atoms with van der Waals surface area (Å²) in [6.07, 6.45) is 0.770. The third kappa shape index (κ3) is 3.95. The molecule has 16 heavy (non-hydrogen) atoms. The van der Waals surface area contributed by atoms with Crippen LogP contribution in [0.15, 0.2) is 11.2 Å². The van der Waals surface area contributed by atoms with E-state index >= 15 is 0 Å². The van der Waals surface area contributed by atoms with Crippen LogP contribution in [0.4, 0.5) is 11.6 Å². The summed E-state index contributed by atoms with van der Waals surface area (Å²) in [5, 5.41) is 9.41. The maximum Gasteiger partial charge on any atom is 0.191 e. The number of nitrogens with two attached hydrogens (primary N) is 2. The van der Waals surface area contributed by atoms with Crippen LogP contribution >= 0.6 is 11.8 Å². The predicted molar refractivity (Wildman–Crippen MR) is 65.6 cm³/mol. The van der Waals surface area contributed by atoms with Gasteiger partial charge in [-0.15, -0.1) is 0 Å². The second kappa shape index (κ2) is 5.03. The zero-order valence-electron chi connectivity index (χ0n) is 9.40. The van der Waals surface area contributed by atoms with Gasteiger partial charge in [-0.25, -0.2) is 9.97 Å². The number of thioether (sulfide) groups is 1. The summed E-state index contributed by atoms with van der Waals surface area (Å²) >= 11 is 1.46. The lowest BCUT2D eigenvalue weighted by Gasteiger charge is -2.13. The summed E-state index contributed by atoms with van der Waals surface area (Å²) in [5.41, 5.74) is 10.8. The highest BCUT2D eigenvalue weighted by Crippen LogP contribution is 2.24. The second-order valence-electron chi connectivity index (χ2n) is 4.09. The van der Waals surface area contributed by atoms with Crippen LogP contribution < -0.4 is 11.5 Å². The third-order valence-corrected chi connectivity index (χ3v) is 2.86. The number of aromatic nitrogens is 2. The Bertz CT molecular complexity index is 390. The number of hydrogen-bond acceptors (Lipinski definition) is 6. The van der Waals surface area contributed by atoms with Crippen molar-refractivity contribution < 1.29 is 0 Å². The Morgan fingerprint density at radius 2 is 1.94 bits per heavy atom. The lowest BCUT2D eigenvalue weighted by molar-refractivity contribution is 0.482. The summed E-state index contributed by atoms with van der Waals surface area (Å²) in [6.45, 7) is 3.81. The van der Waals surface area contributed by atoms with Crippen molar-refractivity contribution in [3.63, 3.8) is 0 Å². The van der Waals surface area contributed by atoms with Gasteiger partial charge in [0.2, 0.25) is 0 Å². The van der Waals surface area contributed by atoms with Gasteiger partial charge in [0.1, 0.15) is 11.6 Å². The van der Waals surface area contributed by atoms with Crippen LogP contribution in [0.3, 0.4) is 0 Å². The smallest absolute Gasteiger partial charge is 0.191 e. The van der Waals surface area contributed by atoms with E-state index < -0.39 is 0 Å². The normalized spacial score (nSPS) is 11.1. The van der Waals surface area contributed by atoms with Crippen molar-refractivity contribution in [2.75, 3.05) is 17.2 Å². The SMILES string of the molecule is CC(C)(C#N)CCSc1nc(N)cc(N)n1. The van der Waals surface area contributed by atoms with E-state index in [2.05, 4.69) is 16.0 Å². The molecule has 0 amide bonds. The molecule has 0 radical (unpaired) electrons. The lowest BCUT2D eigenvalue weighted by Crippen LogP contribution is -2.09. The fourth-order valence-corrected chi connectivity index (χ4v) is 2.11. The maximum atomic E-state index is 8.85. The number of nitriles is 1. The van der Waals surface area contributed by atoms with E-state index in [0.29, 0.717) is 16.8 Å². The summed E-state index contributed by atoms with van der Waals surface area (Å²) in [5.74, 6) is 1.51. The molecule has 0 spiro atoms. The summed E-state index contributed by atoms with van der Waals surface area (Å²) in [4.78, 5) is 8.09. The number of nitrogen functional groups attached to an aromatic ring is 2. The van der Waals surface area contributed by atoms with Crippen LogP contribution in [0.25, 0.3) is 0 Å². The van der Waals surface area contributed by atoms with E-state index in [0.717, 1.165) is 12.2 Å². The Morgan fingerprint density at radius 1 is 1.38 bits per heavy atom. The van der Waals surface area contributed by atoms with Gasteiger partial charge in [0.25, 0.3) is 0 Å². The Morgan fingerprint density at radius 3 is 2.44 bits per heavy atom. The van der Waals surface area contributed by atoms with Crippen LogP contribution in [-0.4, -0.2) is 15.7 Å². The van der Waals surface area contributed by atoms with Gasteiger partial charge in [-0.3, -0.25) is 0 Å². The molecule has 0 saturated heterocycles. The van der Waals surface area contributed by atoms with Crippen LogP contribution in [-0.2, 0) is 0 Å². The van der Waals surface area contributed by atoms with Crippen molar-refractivity contribution >= 4 is 23.4 Å². The van der Waals surface area contributed by atoms with Crippen LogP contribution in [0.1, 0.15) is 20.3 Å².